The van der Waals surface area contributed by atoms with Gasteiger partial charge < -0.3 is 0 Å². The lowest BCUT2D eigenvalue weighted by molar-refractivity contribution is 0.528. The largest absolute Gasteiger partial charge is 0.282 e. The van der Waals surface area contributed by atoms with Gasteiger partial charge in [-0.2, -0.15) is 9.78 Å². The first-order chi connectivity index (χ1) is 15.5. The fourth-order valence-electron chi connectivity index (χ4n) is 4.71. The van der Waals surface area contributed by atoms with Crippen molar-refractivity contribution in [1.29, 1.82) is 0 Å². The molecule has 0 bridgehead atoms. The van der Waals surface area contributed by atoms with Gasteiger partial charge in [-0.05, 0) is 49.9 Å². The van der Waals surface area contributed by atoms with E-state index in [1.807, 2.05) is 31.2 Å². The normalized spacial score (nSPS) is 16.3. The summed E-state index contributed by atoms with van der Waals surface area (Å²) in [6.45, 7) is 6.22. The summed E-state index contributed by atoms with van der Waals surface area (Å²) in [5, 5.41) is 5.60. The first kappa shape index (κ1) is 20.4. The van der Waals surface area contributed by atoms with Crippen LogP contribution < -0.4 is 5.56 Å². The second-order valence-corrected chi connectivity index (χ2v) is 8.70. The van der Waals surface area contributed by atoms with Crippen LogP contribution in [0, 0.1) is 13.8 Å². The summed E-state index contributed by atoms with van der Waals surface area (Å²) in [5.74, 6) is 0.690. The van der Waals surface area contributed by atoms with E-state index in [0.717, 1.165) is 24.1 Å². The molecule has 32 heavy (non-hydrogen) atoms. The molecular weight excluding hydrogens is 394 g/mol. The molecule has 4 nitrogen and oxygen atoms in total. The van der Waals surface area contributed by atoms with Crippen molar-refractivity contribution in [1.82, 2.24) is 9.66 Å². The predicted molar refractivity (Wildman–Crippen MR) is 131 cm³/mol. The van der Waals surface area contributed by atoms with E-state index in [2.05, 4.69) is 62.4 Å². The highest BCUT2D eigenvalue weighted by atomic mass is 16.1. The molecule has 0 radical (unpaired) electrons. The Morgan fingerprint density at radius 1 is 0.906 bits per heavy atom. The summed E-state index contributed by atoms with van der Waals surface area (Å²) in [6, 6.07) is 24.9. The van der Waals surface area contributed by atoms with Crippen LogP contribution in [0.15, 0.2) is 82.7 Å². The Balaban J connectivity index is 1.74. The Bertz CT molecular complexity index is 1330. The molecule has 0 spiro atoms. The maximum atomic E-state index is 13.4. The van der Waals surface area contributed by atoms with Crippen molar-refractivity contribution in [2.45, 2.75) is 45.4 Å². The molecule has 4 heteroatoms. The van der Waals surface area contributed by atoms with E-state index < -0.39 is 0 Å². The van der Waals surface area contributed by atoms with Crippen LogP contribution in [0.25, 0.3) is 10.9 Å². The number of aryl methyl sites for hydroxylation is 3. The second kappa shape index (κ2) is 7.86. The van der Waals surface area contributed by atoms with E-state index in [-0.39, 0.29) is 11.0 Å². The second-order valence-electron chi connectivity index (χ2n) is 8.70. The summed E-state index contributed by atoms with van der Waals surface area (Å²) < 4.78 is 1.54. The molecule has 4 aromatic rings. The molecule has 3 aromatic carbocycles. The lowest BCUT2D eigenvalue weighted by Crippen LogP contribution is -2.47. The first-order valence-corrected chi connectivity index (χ1v) is 11.3. The van der Waals surface area contributed by atoms with Gasteiger partial charge in [-0.15, -0.1) is 0 Å². The number of fused-ring (bicyclic) bond motifs is 1. The van der Waals surface area contributed by atoms with E-state index >= 15 is 0 Å². The Morgan fingerprint density at radius 3 is 2.03 bits per heavy atom. The van der Waals surface area contributed by atoms with Gasteiger partial charge in [0.25, 0.3) is 5.56 Å². The molecule has 1 saturated carbocycles. The Hall–Kier alpha value is -3.53. The Kier molecular flexibility index (Phi) is 5.01. The van der Waals surface area contributed by atoms with Crippen LogP contribution in [0.3, 0.4) is 0 Å². The fourth-order valence-corrected chi connectivity index (χ4v) is 4.71. The third kappa shape index (κ3) is 3.18. The van der Waals surface area contributed by atoms with Crippen molar-refractivity contribution in [3.05, 3.63) is 111 Å². The number of nitrogens with zero attached hydrogens (tertiary/aromatic N) is 3. The molecule has 5 rings (SSSR count). The molecular formula is C28H27N3O. The highest BCUT2D eigenvalue weighted by Crippen LogP contribution is 2.47. The minimum absolute atomic E-state index is 0.103. The molecule has 0 unspecified atom stereocenters. The van der Waals surface area contributed by atoms with Gasteiger partial charge in [0.1, 0.15) is 5.82 Å². The van der Waals surface area contributed by atoms with E-state index in [0.29, 0.717) is 17.6 Å². The highest BCUT2D eigenvalue weighted by Gasteiger charge is 2.47. The van der Waals surface area contributed by atoms with Crippen LogP contribution in [-0.2, 0) is 11.8 Å². The summed E-state index contributed by atoms with van der Waals surface area (Å²) >= 11 is 0. The molecule has 0 N–H and O–H groups in total. The molecule has 160 valence electrons. The Labute approximate surface area is 188 Å². The summed E-state index contributed by atoms with van der Waals surface area (Å²) in [7, 11) is 0. The average molecular weight is 422 g/mol. The molecule has 0 aliphatic heterocycles. The minimum Gasteiger partial charge on any atom is -0.267 e. The van der Waals surface area contributed by atoms with Crippen LogP contribution in [0.2, 0.25) is 0 Å². The first-order valence-electron chi connectivity index (χ1n) is 11.3. The smallest absolute Gasteiger partial charge is 0.267 e. The number of para-hydroxylation sites is 1. The molecule has 1 aliphatic carbocycles. The minimum atomic E-state index is -0.322. The lowest BCUT2D eigenvalue weighted by Gasteiger charge is -2.44. The summed E-state index contributed by atoms with van der Waals surface area (Å²) in [6.07, 6.45) is 2.46. The van der Waals surface area contributed by atoms with Gasteiger partial charge in [0.2, 0.25) is 0 Å². The van der Waals surface area contributed by atoms with Crippen molar-refractivity contribution in [2.24, 2.45) is 5.10 Å². The zero-order valence-corrected chi connectivity index (χ0v) is 18.8. The quantitative estimate of drug-likeness (QED) is 0.433. The van der Waals surface area contributed by atoms with E-state index in [1.54, 1.807) is 0 Å². The SMILES string of the molecule is CCc1nc2ccccc2c(=O)n1/N=C1/CCC1(c1ccc(C)cc1)c1ccc(C)cc1. The van der Waals surface area contributed by atoms with Crippen molar-refractivity contribution < 1.29 is 0 Å². The standard InChI is InChI=1S/C28H27N3O/c1-4-26-29-24-8-6-5-7-23(24)27(32)31(26)30-25-17-18-28(25,21-13-9-19(2)10-14-21)22-15-11-20(3)12-16-22/h5-16H,4,17-18H2,1-3H3/b30-25-. The third-order valence-corrected chi connectivity index (χ3v) is 6.68. The monoisotopic (exact) mass is 421 g/mol. The van der Waals surface area contributed by atoms with Gasteiger partial charge in [-0.25, -0.2) is 4.98 Å². The zero-order chi connectivity index (χ0) is 22.3. The number of benzene rings is 3. The van der Waals surface area contributed by atoms with E-state index in [1.165, 1.54) is 26.9 Å². The van der Waals surface area contributed by atoms with Gasteiger partial charge >= 0.3 is 0 Å². The molecule has 1 aliphatic rings. The van der Waals surface area contributed by atoms with E-state index in [9.17, 15) is 4.79 Å². The van der Waals surface area contributed by atoms with Gasteiger partial charge in [0.15, 0.2) is 0 Å². The van der Waals surface area contributed by atoms with Crippen molar-refractivity contribution in [3.8, 4) is 0 Å². The topological polar surface area (TPSA) is 47.2 Å². The van der Waals surface area contributed by atoms with Crippen molar-refractivity contribution >= 4 is 16.6 Å². The van der Waals surface area contributed by atoms with Crippen LogP contribution >= 0.6 is 0 Å². The number of hydrogen-bond donors (Lipinski definition) is 0. The molecule has 1 aromatic heterocycles. The van der Waals surface area contributed by atoms with Crippen molar-refractivity contribution in [3.63, 3.8) is 0 Å². The van der Waals surface area contributed by atoms with Crippen LogP contribution in [0.1, 0.15) is 47.8 Å². The maximum Gasteiger partial charge on any atom is 0.282 e. The van der Waals surface area contributed by atoms with Gasteiger partial charge in [-0.1, -0.05) is 78.7 Å². The average Bonchev–Trinajstić information content (AvgIpc) is 2.80. The van der Waals surface area contributed by atoms with Crippen LogP contribution in [-0.4, -0.2) is 15.4 Å². The summed E-state index contributed by atoms with van der Waals surface area (Å²) in [4.78, 5) is 18.1. The molecule has 1 fully saturated rings. The number of hydrogen-bond acceptors (Lipinski definition) is 3. The van der Waals surface area contributed by atoms with Gasteiger partial charge in [-0.3, -0.25) is 4.79 Å². The molecule has 1 heterocycles. The van der Waals surface area contributed by atoms with Crippen LogP contribution in [0.5, 0.6) is 0 Å². The molecule has 0 amide bonds. The lowest BCUT2D eigenvalue weighted by atomic mass is 9.59. The van der Waals surface area contributed by atoms with Crippen LogP contribution in [0.4, 0.5) is 0 Å². The summed E-state index contributed by atoms with van der Waals surface area (Å²) in [5.41, 5.74) is 6.21. The molecule has 0 saturated heterocycles. The van der Waals surface area contributed by atoms with Gasteiger partial charge in [0.05, 0.1) is 22.0 Å². The number of aromatic nitrogens is 2. The third-order valence-electron chi connectivity index (χ3n) is 6.68. The highest BCUT2D eigenvalue weighted by molar-refractivity contribution is 6.03. The zero-order valence-electron chi connectivity index (χ0n) is 18.8. The van der Waals surface area contributed by atoms with Gasteiger partial charge in [0, 0.05) is 6.42 Å². The van der Waals surface area contributed by atoms with Crippen molar-refractivity contribution in [2.75, 3.05) is 0 Å². The predicted octanol–water partition coefficient (Wildman–Crippen LogP) is 5.56. The van der Waals surface area contributed by atoms with E-state index in [4.69, 9.17) is 10.1 Å². The maximum absolute atomic E-state index is 13.4. The number of rotatable bonds is 4. The molecule has 0 atom stereocenters. The Morgan fingerprint density at radius 2 is 1.50 bits per heavy atom. The fraction of sp³-hybridized carbons (Fsp3) is 0.250.